The molecule has 1 atom stereocenters. The minimum absolute atomic E-state index is 0.130. The van der Waals surface area contributed by atoms with Gasteiger partial charge in [-0.25, -0.2) is 0 Å². The van der Waals surface area contributed by atoms with Gasteiger partial charge < -0.3 is 20.9 Å². The van der Waals surface area contributed by atoms with E-state index in [1.165, 1.54) is 0 Å². The number of nitrogens with two attached hydrogens (primary N) is 1. The van der Waals surface area contributed by atoms with Crippen LogP contribution in [0.2, 0.25) is 0 Å². The largest absolute Gasteiger partial charge is 0.504 e. The molecule has 1 heterocycles. The highest BCUT2D eigenvalue weighted by molar-refractivity contribution is 7.80. The number of para-hydroxylation sites is 1. The smallest absolute Gasteiger partial charge is 0.162 e. The van der Waals surface area contributed by atoms with Crippen LogP contribution in [0.3, 0.4) is 0 Å². The van der Waals surface area contributed by atoms with Crippen molar-refractivity contribution in [3.05, 3.63) is 23.8 Å². The fraction of sp³-hybridized carbons (Fsp3) is 0.500. The van der Waals surface area contributed by atoms with Crippen LogP contribution in [0.1, 0.15) is 18.5 Å². The van der Waals surface area contributed by atoms with Gasteiger partial charge in [-0.2, -0.15) is 0 Å². The maximum absolute atomic E-state index is 10.4. The van der Waals surface area contributed by atoms with Crippen LogP contribution in [0, 0.1) is 0 Å². The van der Waals surface area contributed by atoms with E-state index >= 15 is 0 Å². The highest BCUT2D eigenvalue weighted by atomic mass is 32.1. The first-order valence-corrected chi connectivity index (χ1v) is 7.24. The van der Waals surface area contributed by atoms with E-state index in [1.807, 2.05) is 19.1 Å². The number of phenols is 1. The lowest BCUT2D eigenvalue weighted by Gasteiger charge is -2.34. The van der Waals surface area contributed by atoms with Gasteiger partial charge in [0.1, 0.15) is 0 Å². The van der Waals surface area contributed by atoms with Crippen molar-refractivity contribution in [3.63, 3.8) is 0 Å². The van der Waals surface area contributed by atoms with Crippen molar-refractivity contribution in [1.29, 1.82) is 0 Å². The zero-order valence-corrected chi connectivity index (χ0v) is 12.4. The second-order valence-electron chi connectivity index (χ2n) is 4.72. The summed E-state index contributed by atoms with van der Waals surface area (Å²) in [6.45, 7) is 5.87. The molecule has 20 heavy (non-hydrogen) atoms. The zero-order valence-electron chi connectivity index (χ0n) is 11.6. The average molecular weight is 295 g/mol. The number of phenolic OH excluding ortho intramolecular Hbond substituents is 1. The van der Waals surface area contributed by atoms with Crippen molar-refractivity contribution in [2.75, 3.05) is 32.8 Å². The van der Waals surface area contributed by atoms with Gasteiger partial charge in [-0.15, -0.1) is 0 Å². The van der Waals surface area contributed by atoms with Gasteiger partial charge in [0.2, 0.25) is 0 Å². The van der Waals surface area contributed by atoms with Crippen molar-refractivity contribution in [3.8, 4) is 11.5 Å². The van der Waals surface area contributed by atoms with E-state index in [-0.39, 0.29) is 11.8 Å². The van der Waals surface area contributed by atoms with Gasteiger partial charge in [-0.3, -0.25) is 4.90 Å². The van der Waals surface area contributed by atoms with Crippen LogP contribution in [0.5, 0.6) is 11.5 Å². The van der Waals surface area contributed by atoms with Crippen molar-refractivity contribution in [2.45, 2.75) is 13.0 Å². The first kappa shape index (κ1) is 15.0. The second kappa shape index (κ2) is 6.88. The number of rotatable bonds is 5. The van der Waals surface area contributed by atoms with E-state index in [1.54, 1.807) is 6.07 Å². The maximum Gasteiger partial charge on any atom is 0.162 e. The number of hydrogen-bond acceptors (Lipinski definition) is 5. The molecule has 0 spiro atoms. The van der Waals surface area contributed by atoms with Crippen LogP contribution in [0.25, 0.3) is 0 Å². The minimum atomic E-state index is -0.257. The summed E-state index contributed by atoms with van der Waals surface area (Å²) >= 11 is 5.21. The van der Waals surface area contributed by atoms with Crippen molar-refractivity contribution in [2.24, 2.45) is 5.73 Å². The average Bonchev–Trinajstić information content (AvgIpc) is 2.44. The Morgan fingerprint density at radius 3 is 2.80 bits per heavy atom. The van der Waals surface area contributed by atoms with Gasteiger partial charge in [0.25, 0.3) is 0 Å². The molecule has 0 saturated carbocycles. The molecule has 1 aliphatic rings. The predicted molar refractivity (Wildman–Crippen MR) is 83.2 cm³/mol. The molecule has 0 aliphatic carbocycles. The Bertz CT molecular complexity index is 475. The number of benzene rings is 1. The number of piperazine rings is 1. The van der Waals surface area contributed by atoms with Crippen LogP contribution < -0.4 is 15.8 Å². The van der Waals surface area contributed by atoms with Crippen molar-refractivity contribution in [1.82, 2.24) is 10.2 Å². The summed E-state index contributed by atoms with van der Waals surface area (Å²) in [4.78, 5) is 2.56. The Morgan fingerprint density at radius 2 is 2.20 bits per heavy atom. The van der Waals surface area contributed by atoms with Gasteiger partial charge in [0.15, 0.2) is 11.5 Å². The summed E-state index contributed by atoms with van der Waals surface area (Å²) in [7, 11) is 0. The van der Waals surface area contributed by atoms with E-state index in [4.69, 9.17) is 22.7 Å². The quantitative estimate of drug-likeness (QED) is 0.705. The lowest BCUT2D eigenvalue weighted by Crippen LogP contribution is -2.48. The Kier molecular flexibility index (Phi) is 5.17. The third-order valence-corrected chi connectivity index (χ3v) is 3.63. The molecule has 4 N–H and O–H groups in total. The molecule has 110 valence electrons. The van der Waals surface area contributed by atoms with Crippen LogP contribution in [0.15, 0.2) is 18.2 Å². The number of nitrogens with zero attached hydrogens (tertiary/aromatic N) is 1. The maximum atomic E-state index is 10.4. The van der Waals surface area contributed by atoms with Crippen molar-refractivity contribution >= 4 is 17.2 Å². The van der Waals surface area contributed by atoms with E-state index in [0.29, 0.717) is 22.9 Å². The third kappa shape index (κ3) is 3.20. The molecule has 1 saturated heterocycles. The number of ether oxygens (including phenoxy) is 1. The highest BCUT2D eigenvalue weighted by Crippen LogP contribution is 2.36. The molecule has 1 aliphatic heterocycles. The number of aromatic hydroxyl groups is 1. The molecular weight excluding hydrogens is 274 g/mol. The molecule has 0 aromatic heterocycles. The minimum Gasteiger partial charge on any atom is -0.504 e. The van der Waals surface area contributed by atoms with Gasteiger partial charge in [0.05, 0.1) is 17.6 Å². The topological polar surface area (TPSA) is 70.8 Å². The van der Waals surface area contributed by atoms with E-state index < -0.39 is 0 Å². The number of nitrogens with one attached hydrogen (secondary N) is 1. The summed E-state index contributed by atoms with van der Waals surface area (Å²) in [5.74, 6) is 0.604. The molecule has 0 radical (unpaired) electrons. The van der Waals surface area contributed by atoms with Gasteiger partial charge in [0, 0.05) is 31.7 Å². The standard InChI is InChI=1S/C14H21N3O2S/c1-2-19-11-5-3-4-10(13(11)18)12(14(15)20)17-8-6-16-7-9-17/h3-5,12,16,18H,2,6-9H2,1H3,(H2,15,20). The first-order valence-electron chi connectivity index (χ1n) is 6.84. The third-order valence-electron chi connectivity index (χ3n) is 3.41. The predicted octanol–water partition coefficient (Wildman–Crippen LogP) is 1.02. The summed E-state index contributed by atoms with van der Waals surface area (Å²) in [6, 6.07) is 5.20. The van der Waals surface area contributed by atoms with Gasteiger partial charge in [-0.05, 0) is 13.0 Å². The normalized spacial score (nSPS) is 17.6. The molecule has 1 fully saturated rings. The van der Waals surface area contributed by atoms with Crippen LogP contribution in [0.4, 0.5) is 0 Å². The van der Waals surface area contributed by atoms with Crippen LogP contribution >= 0.6 is 12.2 Å². The molecule has 2 rings (SSSR count). The lowest BCUT2D eigenvalue weighted by atomic mass is 10.0. The first-order chi connectivity index (χ1) is 9.65. The van der Waals surface area contributed by atoms with Crippen LogP contribution in [-0.4, -0.2) is 47.8 Å². The molecule has 0 bridgehead atoms. The Hall–Kier alpha value is -1.37. The molecule has 0 amide bonds. The SMILES string of the molecule is CCOc1cccc(C(C(N)=S)N2CCNCC2)c1O. The molecular formula is C14H21N3O2S. The van der Waals surface area contributed by atoms with Crippen molar-refractivity contribution < 1.29 is 9.84 Å². The molecule has 1 unspecified atom stereocenters. The fourth-order valence-electron chi connectivity index (χ4n) is 2.50. The van der Waals surface area contributed by atoms with Gasteiger partial charge in [-0.1, -0.05) is 24.4 Å². The summed E-state index contributed by atoms with van der Waals surface area (Å²) in [5, 5.41) is 13.7. The molecule has 6 heteroatoms. The molecule has 5 nitrogen and oxygen atoms in total. The summed E-state index contributed by atoms with van der Waals surface area (Å²) in [6.07, 6.45) is 0. The Labute approximate surface area is 124 Å². The second-order valence-corrected chi connectivity index (χ2v) is 5.19. The summed E-state index contributed by atoms with van der Waals surface area (Å²) < 4.78 is 5.43. The fourth-order valence-corrected chi connectivity index (χ4v) is 2.78. The molecule has 1 aromatic carbocycles. The zero-order chi connectivity index (χ0) is 14.5. The van der Waals surface area contributed by atoms with E-state index in [9.17, 15) is 5.11 Å². The summed E-state index contributed by atoms with van der Waals surface area (Å²) in [5.41, 5.74) is 6.62. The van der Waals surface area contributed by atoms with Gasteiger partial charge >= 0.3 is 0 Å². The number of thiocarbonyl (C=S) groups is 1. The lowest BCUT2D eigenvalue weighted by molar-refractivity contribution is 0.211. The Morgan fingerprint density at radius 1 is 1.50 bits per heavy atom. The monoisotopic (exact) mass is 295 g/mol. The molecule has 1 aromatic rings. The van der Waals surface area contributed by atoms with E-state index in [2.05, 4.69) is 10.2 Å². The highest BCUT2D eigenvalue weighted by Gasteiger charge is 2.27. The van der Waals surface area contributed by atoms with E-state index in [0.717, 1.165) is 26.2 Å². The Balaban J connectivity index is 2.33. The number of hydrogen-bond donors (Lipinski definition) is 3. The van der Waals surface area contributed by atoms with Crippen LogP contribution in [-0.2, 0) is 0 Å².